The highest BCUT2D eigenvalue weighted by atomic mass is 79.9. The first-order valence-corrected chi connectivity index (χ1v) is 7.20. The topological polar surface area (TPSA) is 34.9 Å². The Bertz CT molecular complexity index is 373. The van der Waals surface area contributed by atoms with Crippen LogP contribution in [0.15, 0.2) is 10.7 Å². The molecule has 0 N–H and O–H groups in total. The van der Waals surface area contributed by atoms with Gasteiger partial charge in [-0.2, -0.15) is 5.10 Å². The number of Topliss-reactive ketones (excluding diaryl/α,β-unsaturated/α-hetero) is 1. The first kappa shape index (κ1) is 14.4. The number of unbranched alkanes of at least 4 members (excludes halogenated alkanes) is 1. The van der Waals surface area contributed by atoms with Crippen molar-refractivity contribution in [3.63, 3.8) is 0 Å². The molecule has 0 aliphatic rings. The van der Waals surface area contributed by atoms with E-state index in [0.717, 1.165) is 42.4 Å². The lowest BCUT2D eigenvalue weighted by molar-refractivity contribution is 0.0896. The Morgan fingerprint density at radius 2 is 2.18 bits per heavy atom. The van der Waals surface area contributed by atoms with Crippen molar-refractivity contribution in [1.29, 1.82) is 0 Å². The van der Waals surface area contributed by atoms with Gasteiger partial charge < -0.3 is 0 Å². The lowest BCUT2D eigenvalue weighted by atomic mass is 9.93. The van der Waals surface area contributed by atoms with E-state index in [0.29, 0.717) is 0 Å². The fourth-order valence-electron chi connectivity index (χ4n) is 2.01. The summed E-state index contributed by atoms with van der Waals surface area (Å²) in [5.41, 5.74) is 0.732. The molecule has 0 saturated carbocycles. The Morgan fingerprint density at radius 3 is 2.71 bits per heavy atom. The molecule has 4 heteroatoms. The molecular weight excluding hydrogens is 280 g/mol. The molecule has 0 fully saturated rings. The van der Waals surface area contributed by atoms with E-state index in [1.807, 2.05) is 6.92 Å². The third-order valence-electron chi connectivity index (χ3n) is 3.10. The number of rotatable bonds is 7. The van der Waals surface area contributed by atoms with Gasteiger partial charge in [0, 0.05) is 12.5 Å². The summed E-state index contributed by atoms with van der Waals surface area (Å²) in [6.45, 7) is 6.97. The lowest BCUT2D eigenvalue weighted by Gasteiger charge is -2.14. The number of ketones is 1. The van der Waals surface area contributed by atoms with Crippen molar-refractivity contribution >= 4 is 21.7 Å². The summed E-state index contributed by atoms with van der Waals surface area (Å²) >= 11 is 3.42. The summed E-state index contributed by atoms with van der Waals surface area (Å²) in [6.07, 6.45) is 5.84. The van der Waals surface area contributed by atoms with E-state index in [4.69, 9.17) is 0 Å². The van der Waals surface area contributed by atoms with Crippen LogP contribution in [0, 0.1) is 5.92 Å². The molecule has 0 bridgehead atoms. The fraction of sp³-hybridized carbons (Fsp3) is 0.692. The Labute approximate surface area is 112 Å². The first-order valence-electron chi connectivity index (χ1n) is 6.41. The smallest absolute Gasteiger partial charge is 0.185 e. The monoisotopic (exact) mass is 300 g/mol. The molecule has 1 rings (SSSR count). The number of aromatic nitrogens is 2. The van der Waals surface area contributed by atoms with Crippen LogP contribution in [0.5, 0.6) is 0 Å². The van der Waals surface area contributed by atoms with Crippen LogP contribution in [0.1, 0.15) is 56.9 Å². The molecule has 3 nitrogen and oxygen atoms in total. The van der Waals surface area contributed by atoms with Crippen molar-refractivity contribution in [2.24, 2.45) is 5.92 Å². The van der Waals surface area contributed by atoms with Crippen LogP contribution in [-0.4, -0.2) is 15.6 Å². The van der Waals surface area contributed by atoms with E-state index in [9.17, 15) is 4.79 Å². The highest BCUT2D eigenvalue weighted by Gasteiger charge is 2.23. The van der Waals surface area contributed by atoms with Gasteiger partial charge in [0.05, 0.1) is 10.7 Å². The van der Waals surface area contributed by atoms with Gasteiger partial charge in [-0.15, -0.1) is 0 Å². The molecule has 1 aromatic rings. The van der Waals surface area contributed by atoms with Crippen LogP contribution < -0.4 is 0 Å². The summed E-state index contributed by atoms with van der Waals surface area (Å²) in [7, 11) is 0. The Kier molecular flexibility index (Phi) is 5.89. The average molecular weight is 301 g/mol. The molecule has 1 unspecified atom stereocenters. The molecule has 0 amide bonds. The highest BCUT2D eigenvalue weighted by molar-refractivity contribution is 9.10. The second kappa shape index (κ2) is 6.94. The Hall–Kier alpha value is -0.640. The summed E-state index contributed by atoms with van der Waals surface area (Å²) in [5.74, 6) is 0.362. The highest BCUT2D eigenvalue weighted by Crippen LogP contribution is 2.24. The van der Waals surface area contributed by atoms with E-state index in [2.05, 4.69) is 34.9 Å². The quantitative estimate of drug-likeness (QED) is 0.712. The summed E-state index contributed by atoms with van der Waals surface area (Å²) in [6, 6.07) is 0. The molecular formula is C13H21BrN2O. The van der Waals surface area contributed by atoms with Crippen molar-refractivity contribution in [3.8, 4) is 0 Å². The molecule has 0 saturated heterocycles. The van der Waals surface area contributed by atoms with E-state index in [1.54, 1.807) is 10.9 Å². The molecule has 0 radical (unpaired) electrons. The molecule has 1 atom stereocenters. The standard InChI is InChI=1S/C13H21BrN2O/c1-4-7-8-10(5-2)13(17)12-11(14)9-15-16(12)6-3/h9-10H,4-8H2,1-3H3. The van der Waals surface area contributed by atoms with E-state index >= 15 is 0 Å². The zero-order chi connectivity index (χ0) is 12.8. The minimum Gasteiger partial charge on any atom is -0.292 e. The predicted molar refractivity (Wildman–Crippen MR) is 73.2 cm³/mol. The minimum atomic E-state index is 0.133. The van der Waals surface area contributed by atoms with Crippen molar-refractivity contribution < 1.29 is 4.79 Å². The van der Waals surface area contributed by atoms with Gasteiger partial charge in [0.25, 0.3) is 0 Å². The third kappa shape index (κ3) is 3.41. The van der Waals surface area contributed by atoms with Gasteiger partial charge >= 0.3 is 0 Å². The van der Waals surface area contributed by atoms with Gasteiger partial charge in [-0.25, -0.2) is 0 Å². The fourth-order valence-corrected chi connectivity index (χ4v) is 2.50. The minimum absolute atomic E-state index is 0.133. The number of hydrogen-bond acceptors (Lipinski definition) is 2. The van der Waals surface area contributed by atoms with Crippen LogP contribution in [0.25, 0.3) is 0 Å². The van der Waals surface area contributed by atoms with Gasteiger partial charge in [0.2, 0.25) is 0 Å². The number of carbonyl (C=O) groups is 1. The third-order valence-corrected chi connectivity index (χ3v) is 3.68. The van der Waals surface area contributed by atoms with Gasteiger partial charge in [0.1, 0.15) is 5.69 Å². The number of aryl methyl sites for hydroxylation is 1. The zero-order valence-corrected chi connectivity index (χ0v) is 12.5. The number of hydrogen-bond donors (Lipinski definition) is 0. The van der Waals surface area contributed by atoms with Gasteiger partial charge in [-0.3, -0.25) is 9.48 Å². The van der Waals surface area contributed by atoms with Crippen LogP contribution in [0.3, 0.4) is 0 Å². The largest absolute Gasteiger partial charge is 0.292 e. The van der Waals surface area contributed by atoms with Crippen LogP contribution in [0.2, 0.25) is 0 Å². The maximum Gasteiger partial charge on any atom is 0.185 e. The van der Waals surface area contributed by atoms with Gasteiger partial charge in [-0.05, 0) is 35.7 Å². The Balaban J connectivity index is 2.89. The number of nitrogens with zero attached hydrogens (tertiary/aromatic N) is 2. The van der Waals surface area contributed by atoms with E-state index in [-0.39, 0.29) is 11.7 Å². The SMILES string of the molecule is CCCCC(CC)C(=O)c1c(Br)cnn1CC. The molecule has 1 aromatic heterocycles. The molecule has 1 heterocycles. The normalized spacial score (nSPS) is 12.7. The number of carbonyl (C=O) groups excluding carboxylic acids is 1. The van der Waals surface area contributed by atoms with E-state index < -0.39 is 0 Å². The summed E-state index contributed by atoms with van der Waals surface area (Å²) in [5, 5.41) is 4.20. The van der Waals surface area contributed by atoms with Gasteiger partial charge in [0.15, 0.2) is 5.78 Å². The van der Waals surface area contributed by atoms with Crippen molar-refractivity contribution in [2.75, 3.05) is 0 Å². The summed E-state index contributed by atoms with van der Waals surface area (Å²) < 4.78 is 2.60. The molecule has 0 aromatic carbocycles. The van der Waals surface area contributed by atoms with E-state index in [1.165, 1.54) is 0 Å². The molecule has 17 heavy (non-hydrogen) atoms. The number of halogens is 1. The predicted octanol–water partition coefficient (Wildman–Crippen LogP) is 4.06. The van der Waals surface area contributed by atoms with Crippen molar-refractivity contribution in [1.82, 2.24) is 9.78 Å². The maximum atomic E-state index is 12.5. The second-order valence-electron chi connectivity index (χ2n) is 4.27. The lowest BCUT2D eigenvalue weighted by Crippen LogP contribution is -2.19. The molecule has 0 aliphatic heterocycles. The average Bonchev–Trinajstić information content (AvgIpc) is 2.71. The Morgan fingerprint density at radius 1 is 1.47 bits per heavy atom. The van der Waals surface area contributed by atoms with Crippen LogP contribution >= 0.6 is 15.9 Å². The summed E-state index contributed by atoms with van der Waals surface area (Å²) in [4.78, 5) is 12.5. The zero-order valence-electron chi connectivity index (χ0n) is 10.9. The second-order valence-corrected chi connectivity index (χ2v) is 5.12. The van der Waals surface area contributed by atoms with Crippen LogP contribution in [-0.2, 0) is 6.54 Å². The van der Waals surface area contributed by atoms with Crippen molar-refractivity contribution in [2.45, 2.75) is 53.0 Å². The molecule has 0 spiro atoms. The van der Waals surface area contributed by atoms with Gasteiger partial charge in [-0.1, -0.05) is 26.7 Å². The molecule has 0 aliphatic carbocycles. The maximum absolute atomic E-state index is 12.5. The molecule has 96 valence electrons. The van der Waals surface area contributed by atoms with Crippen molar-refractivity contribution in [3.05, 3.63) is 16.4 Å². The first-order chi connectivity index (χ1) is 8.15. The van der Waals surface area contributed by atoms with Crippen LogP contribution in [0.4, 0.5) is 0 Å².